The van der Waals surface area contributed by atoms with Gasteiger partial charge in [0.05, 0.1) is 17.1 Å². The number of hydrogen-bond donors (Lipinski definition) is 1. The Balaban J connectivity index is 1.95. The highest BCUT2D eigenvalue weighted by atomic mass is 16.2. The Morgan fingerprint density at radius 2 is 2.27 bits per heavy atom. The van der Waals surface area contributed by atoms with Crippen LogP contribution >= 0.6 is 0 Å². The van der Waals surface area contributed by atoms with Crippen LogP contribution in [-0.4, -0.2) is 44.7 Å². The van der Waals surface area contributed by atoms with Gasteiger partial charge in [-0.25, -0.2) is 4.98 Å². The molecule has 6 nitrogen and oxygen atoms in total. The number of pyridine rings is 1. The third kappa shape index (κ3) is 2.59. The van der Waals surface area contributed by atoms with Gasteiger partial charge in [-0.15, -0.1) is 0 Å². The largest absolute Gasteiger partial charge is 0.338 e. The molecule has 1 aliphatic rings. The zero-order valence-electron chi connectivity index (χ0n) is 13.4. The molecule has 0 saturated carbocycles. The van der Waals surface area contributed by atoms with E-state index in [0.29, 0.717) is 11.5 Å². The molecule has 0 bridgehead atoms. The normalized spacial score (nSPS) is 20.4. The molecule has 0 spiro atoms. The number of aromatic nitrogens is 3. The van der Waals surface area contributed by atoms with Crippen LogP contribution in [0.2, 0.25) is 0 Å². The number of nitrogens with two attached hydrogens (primary N) is 1. The highest BCUT2D eigenvalue weighted by Gasteiger charge is 2.28. The molecule has 2 aromatic rings. The van der Waals surface area contributed by atoms with Crippen LogP contribution in [-0.2, 0) is 7.05 Å². The van der Waals surface area contributed by atoms with Gasteiger partial charge in [-0.1, -0.05) is 0 Å². The quantitative estimate of drug-likeness (QED) is 0.911. The van der Waals surface area contributed by atoms with Crippen LogP contribution in [0.3, 0.4) is 0 Å². The molecule has 2 atom stereocenters. The van der Waals surface area contributed by atoms with Gasteiger partial charge in [-0.2, -0.15) is 5.10 Å². The number of hydrogen-bond acceptors (Lipinski definition) is 4. The van der Waals surface area contributed by atoms with Gasteiger partial charge in [0.15, 0.2) is 5.65 Å². The fraction of sp³-hybridized carbons (Fsp3) is 0.562. The van der Waals surface area contributed by atoms with Gasteiger partial charge >= 0.3 is 0 Å². The molecule has 1 saturated heterocycles. The summed E-state index contributed by atoms with van der Waals surface area (Å²) in [6.07, 6.45) is 3.83. The van der Waals surface area contributed by atoms with Crippen LogP contribution in [0.25, 0.3) is 11.0 Å². The monoisotopic (exact) mass is 301 g/mol. The lowest BCUT2D eigenvalue weighted by Crippen LogP contribution is -2.45. The number of likely N-dealkylation sites (tertiary alicyclic amines) is 1. The molecule has 1 amide bonds. The van der Waals surface area contributed by atoms with Crippen molar-refractivity contribution in [2.75, 3.05) is 13.1 Å². The summed E-state index contributed by atoms with van der Waals surface area (Å²) >= 11 is 0. The van der Waals surface area contributed by atoms with Crippen molar-refractivity contribution in [2.45, 2.75) is 32.7 Å². The van der Waals surface area contributed by atoms with E-state index in [1.807, 2.05) is 31.9 Å². The summed E-state index contributed by atoms with van der Waals surface area (Å²) in [5.74, 6) is 0.443. The minimum atomic E-state index is 0.0638. The Bertz CT molecular complexity index is 706. The Kier molecular flexibility index (Phi) is 3.87. The zero-order chi connectivity index (χ0) is 15.9. The maximum absolute atomic E-state index is 13.0. The molecule has 3 rings (SSSR count). The smallest absolute Gasteiger partial charge is 0.254 e. The standard InChI is InChI=1S/C16H23N5O/c1-10-7-13(14-8-18-20(3)15(14)19-10)16(22)21-6-4-5-12(9-21)11(2)17/h7-8,11-12H,4-6,9,17H2,1-3H3. The van der Waals surface area contributed by atoms with Gasteiger partial charge in [0.2, 0.25) is 0 Å². The number of piperidine rings is 1. The average molecular weight is 301 g/mol. The number of carbonyl (C=O) groups excluding carboxylic acids is 1. The van der Waals surface area contributed by atoms with Crippen molar-refractivity contribution in [3.63, 3.8) is 0 Å². The Morgan fingerprint density at radius 1 is 1.50 bits per heavy atom. The molecule has 6 heteroatoms. The predicted molar refractivity (Wildman–Crippen MR) is 85.5 cm³/mol. The number of carbonyl (C=O) groups is 1. The van der Waals surface area contributed by atoms with Gasteiger partial charge in [0.1, 0.15) is 0 Å². The molecule has 0 radical (unpaired) electrons. The second kappa shape index (κ2) is 5.68. The van der Waals surface area contributed by atoms with Crippen LogP contribution in [0, 0.1) is 12.8 Å². The molecule has 1 aliphatic heterocycles. The first-order chi connectivity index (χ1) is 10.5. The summed E-state index contributed by atoms with van der Waals surface area (Å²) in [4.78, 5) is 19.4. The molecule has 0 aliphatic carbocycles. The number of amides is 1. The van der Waals surface area contributed by atoms with E-state index in [0.717, 1.165) is 42.7 Å². The van der Waals surface area contributed by atoms with E-state index in [9.17, 15) is 4.79 Å². The molecular weight excluding hydrogens is 278 g/mol. The third-order valence-corrected chi connectivity index (χ3v) is 4.55. The minimum absolute atomic E-state index is 0.0638. The number of aryl methyl sites for hydroxylation is 2. The van der Waals surface area contributed by atoms with E-state index >= 15 is 0 Å². The van der Waals surface area contributed by atoms with E-state index < -0.39 is 0 Å². The van der Waals surface area contributed by atoms with Crippen molar-refractivity contribution in [3.05, 3.63) is 23.5 Å². The lowest BCUT2D eigenvalue weighted by Gasteiger charge is -2.34. The maximum Gasteiger partial charge on any atom is 0.254 e. The fourth-order valence-electron chi connectivity index (χ4n) is 3.21. The van der Waals surface area contributed by atoms with Crippen molar-refractivity contribution >= 4 is 16.9 Å². The van der Waals surface area contributed by atoms with Gasteiger partial charge in [0.25, 0.3) is 5.91 Å². The second-order valence-electron chi connectivity index (χ2n) is 6.33. The predicted octanol–water partition coefficient (Wildman–Crippen LogP) is 1.48. The number of rotatable bonds is 2. The lowest BCUT2D eigenvalue weighted by molar-refractivity contribution is 0.0663. The van der Waals surface area contributed by atoms with Gasteiger partial charge in [-0.3, -0.25) is 9.48 Å². The first-order valence-electron chi connectivity index (χ1n) is 7.81. The maximum atomic E-state index is 13.0. The summed E-state index contributed by atoms with van der Waals surface area (Å²) in [7, 11) is 1.84. The van der Waals surface area contributed by atoms with Crippen LogP contribution in [0.4, 0.5) is 0 Å². The molecular formula is C16H23N5O. The SMILES string of the molecule is Cc1cc(C(=O)N2CCCC(C(C)N)C2)c2cnn(C)c2n1. The van der Waals surface area contributed by atoms with Crippen molar-refractivity contribution in [3.8, 4) is 0 Å². The first-order valence-corrected chi connectivity index (χ1v) is 7.81. The number of nitrogens with zero attached hydrogens (tertiary/aromatic N) is 4. The highest BCUT2D eigenvalue weighted by molar-refractivity contribution is 6.05. The van der Waals surface area contributed by atoms with E-state index in [4.69, 9.17) is 5.73 Å². The third-order valence-electron chi connectivity index (χ3n) is 4.55. The van der Waals surface area contributed by atoms with Crippen LogP contribution < -0.4 is 5.73 Å². The molecule has 118 valence electrons. The van der Waals surface area contributed by atoms with Crippen LogP contribution in [0.1, 0.15) is 35.8 Å². The lowest BCUT2D eigenvalue weighted by atomic mass is 9.91. The van der Waals surface area contributed by atoms with Crippen molar-refractivity contribution in [1.29, 1.82) is 0 Å². The Labute approximate surface area is 130 Å². The second-order valence-corrected chi connectivity index (χ2v) is 6.33. The molecule has 1 fully saturated rings. The van der Waals surface area contributed by atoms with Gasteiger partial charge in [0, 0.05) is 31.9 Å². The van der Waals surface area contributed by atoms with E-state index in [1.165, 1.54) is 0 Å². The molecule has 3 heterocycles. The summed E-state index contributed by atoms with van der Waals surface area (Å²) in [6, 6.07) is 1.98. The Morgan fingerprint density at radius 3 is 3.00 bits per heavy atom. The van der Waals surface area contributed by atoms with E-state index in [-0.39, 0.29) is 11.9 Å². The van der Waals surface area contributed by atoms with Crippen molar-refractivity contribution in [1.82, 2.24) is 19.7 Å². The molecule has 0 aromatic carbocycles. The van der Waals surface area contributed by atoms with Gasteiger partial charge in [-0.05, 0) is 38.7 Å². The van der Waals surface area contributed by atoms with Crippen molar-refractivity contribution < 1.29 is 4.79 Å². The molecule has 22 heavy (non-hydrogen) atoms. The fourth-order valence-corrected chi connectivity index (χ4v) is 3.21. The number of fused-ring (bicyclic) bond motifs is 1. The van der Waals surface area contributed by atoms with Gasteiger partial charge < -0.3 is 10.6 Å². The zero-order valence-corrected chi connectivity index (χ0v) is 13.4. The van der Waals surface area contributed by atoms with Crippen molar-refractivity contribution in [2.24, 2.45) is 18.7 Å². The van der Waals surface area contributed by atoms with E-state index in [1.54, 1.807) is 10.9 Å². The first kappa shape index (κ1) is 15.0. The summed E-state index contributed by atoms with van der Waals surface area (Å²) in [5.41, 5.74) is 8.31. The van der Waals surface area contributed by atoms with E-state index in [2.05, 4.69) is 10.1 Å². The Hall–Kier alpha value is -1.95. The molecule has 2 unspecified atom stereocenters. The van der Waals surface area contributed by atoms with Crippen LogP contribution in [0.5, 0.6) is 0 Å². The average Bonchev–Trinajstić information content (AvgIpc) is 2.87. The molecule has 2 N–H and O–H groups in total. The minimum Gasteiger partial charge on any atom is -0.338 e. The summed E-state index contributed by atoms with van der Waals surface area (Å²) < 4.78 is 1.71. The highest BCUT2D eigenvalue weighted by Crippen LogP contribution is 2.24. The topological polar surface area (TPSA) is 77.0 Å². The summed E-state index contributed by atoms with van der Waals surface area (Å²) in [6.45, 7) is 5.46. The molecule has 2 aromatic heterocycles. The van der Waals surface area contributed by atoms with Crippen LogP contribution in [0.15, 0.2) is 12.3 Å². The summed E-state index contributed by atoms with van der Waals surface area (Å²) in [5, 5.41) is 5.05.